The molecule has 0 radical (unpaired) electrons. The summed E-state index contributed by atoms with van der Waals surface area (Å²) in [6, 6.07) is 7.30. The summed E-state index contributed by atoms with van der Waals surface area (Å²) in [6.07, 6.45) is 11.4. The summed E-state index contributed by atoms with van der Waals surface area (Å²) in [7, 11) is 1.62. The normalized spacial score (nSPS) is 13.3. The van der Waals surface area contributed by atoms with Crippen molar-refractivity contribution in [1.29, 1.82) is 0 Å². The second-order valence-corrected chi connectivity index (χ2v) is 6.86. The van der Waals surface area contributed by atoms with Gasteiger partial charge in [-0.3, -0.25) is 4.79 Å². The van der Waals surface area contributed by atoms with E-state index in [0.29, 0.717) is 24.7 Å². The Morgan fingerprint density at radius 3 is 2.52 bits per heavy atom. The zero-order valence-electron chi connectivity index (χ0n) is 16.8. The maximum absolute atomic E-state index is 12.2. The van der Waals surface area contributed by atoms with Crippen LogP contribution in [0.4, 0.5) is 5.95 Å². The van der Waals surface area contributed by atoms with Gasteiger partial charge in [0.05, 0.1) is 19.2 Å². The molecular formula is C22H28N4O3. The SMILES string of the molecule is COc1ccc(OCCNC(=O)c2cnc(NCCC3=CCCCC3)nc2)cc1. The summed E-state index contributed by atoms with van der Waals surface area (Å²) in [5, 5.41) is 6.01. The van der Waals surface area contributed by atoms with Crippen molar-refractivity contribution >= 4 is 11.9 Å². The first-order valence-electron chi connectivity index (χ1n) is 10.0. The molecule has 29 heavy (non-hydrogen) atoms. The fraction of sp³-hybridized carbons (Fsp3) is 0.409. The van der Waals surface area contributed by atoms with E-state index in [9.17, 15) is 4.79 Å². The second kappa shape index (κ2) is 11.0. The molecule has 154 valence electrons. The van der Waals surface area contributed by atoms with Crippen LogP contribution in [0.15, 0.2) is 48.3 Å². The predicted octanol–water partition coefficient (Wildman–Crippen LogP) is 3.60. The summed E-state index contributed by atoms with van der Waals surface area (Å²) < 4.78 is 10.7. The van der Waals surface area contributed by atoms with Gasteiger partial charge >= 0.3 is 0 Å². The molecule has 2 N–H and O–H groups in total. The lowest BCUT2D eigenvalue weighted by atomic mass is 9.97. The van der Waals surface area contributed by atoms with Crippen LogP contribution in [0, 0.1) is 0 Å². The molecule has 0 saturated carbocycles. The van der Waals surface area contributed by atoms with E-state index in [-0.39, 0.29) is 5.91 Å². The highest BCUT2D eigenvalue weighted by molar-refractivity contribution is 5.93. The summed E-state index contributed by atoms with van der Waals surface area (Å²) >= 11 is 0. The van der Waals surface area contributed by atoms with Crippen molar-refractivity contribution in [3.05, 3.63) is 53.9 Å². The van der Waals surface area contributed by atoms with Gasteiger partial charge in [-0.05, 0) is 56.4 Å². The summed E-state index contributed by atoms with van der Waals surface area (Å²) in [5.74, 6) is 1.82. The van der Waals surface area contributed by atoms with Crippen LogP contribution >= 0.6 is 0 Å². The Hall–Kier alpha value is -3.09. The minimum absolute atomic E-state index is 0.220. The second-order valence-electron chi connectivity index (χ2n) is 6.86. The highest BCUT2D eigenvalue weighted by Crippen LogP contribution is 2.20. The third-order valence-electron chi connectivity index (χ3n) is 4.74. The quantitative estimate of drug-likeness (QED) is 0.471. The molecule has 1 amide bonds. The number of anilines is 1. The van der Waals surface area contributed by atoms with Crippen molar-refractivity contribution in [3.8, 4) is 11.5 Å². The number of benzene rings is 1. The summed E-state index contributed by atoms with van der Waals surface area (Å²) in [5.41, 5.74) is 1.94. The molecule has 0 atom stereocenters. The van der Waals surface area contributed by atoms with Gasteiger partial charge in [0.1, 0.15) is 18.1 Å². The fourth-order valence-corrected chi connectivity index (χ4v) is 3.11. The Morgan fingerprint density at radius 1 is 1.07 bits per heavy atom. The zero-order chi connectivity index (χ0) is 20.3. The zero-order valence-corrected chi connectivity index (χ0v) is 16.8. The van der Waals surface area contributed by atoms with Gasteiger partial charge in [-0.2, -0.15) is 0 Å². The van der Waals surface area contributed by atoms with Gasteiger partial charge in [0.2, 0.25) is 5.95 Å². The number of carbonyl (C=O) groups excluding carboxylic acids is 1. The molecule has 1 aliphatic rings. The minimum Gasteiger partial charge on any atom is -0.497 e. The van der Waals surface area contributed by atoms with Gasteiger partial charge in [0, 0.05) is 18.9 Å². The molecule has 3 rings (SSSR count). The molecule has 0 saturated heterocycles. The third-order valence-corrected chi connectivity index (χ3v) is 4.74. The summed E-state index contributed by atoms with van der Waals surface area (Å²) in [6.45, 7) is 1.56. The van der Waals surface area contributed by atoms with E-state index in [1.54, 1.807) is 7.11 Å². The molecule has 0 spiro atoms. The lowest BCUT2D eigenvalue weighted by Gasteiger charge is -2.13. The van der Waals surface area contributed by atoms with E-state index in [2.05, 4.69) is 26.7 Å². The number of hydrogen-bond acceptors (Lipinski definition) is 6. The van der Waals surface area contributed by atoms with Crippen molar-refractivity contribution in [2.45, 2.75) is 32.1 Å². The minimum atomic E-state index is -0.220. The number of carbonyl (C=O) groups is 1. The lowest BCUT2D eigenvalue weighted by molar-refractivity contribution is 0.0946. The smallest absolute Gasteiger partial charge is 0.254 e. The average Bonchev–Trinajstić information content (AvgIpc) is 2.78. The van der Waals surface area contributed by atoms with Crippen LogP contribution in [0.1, 0.15) is 42.5 Å². The van der Waals surface area contributed by atoms with E-state index in [4.69, 9.17) is 9.47 Å². The number of nitrogens with zero attached hydrogens (tertiary/aromatic N) is 2. The molecule has 7 heteroatoms. The molecule has 1 heterocycles. The highest BCUT2D eigenvalue weighted by Gasteiger charge is 2.07. The number of hydrogen-bond donors (Lipinski definition) is 2. The first-order valence-corrected chi connectivity index (χ1v) is 10.0. The average molecular weight is 396 g/mol. The Kier molecular flexibility index (Phi) is 7.86. The number of rotatable bonds is 10. The summed E-state index contributed by atoms with van der Waals surface area (Å²) in [4.78, 5) is 20.6. The van der Waals surface area contributed by atoms with E-state index in [1.807, 2.05) is 24.3 Å². The van der Waals surface area contributed by atoms with Crippen LogP contribution in [0.25, 0.3) is 0 Å². The van der Waals surface area contributed by atoms with Crippen LogP contribution in [0.2, 0.25) is 0 Å². The largest absolute Gasteiger partial charge is 0.497 e. The molecule has 1 aliphatic carbocycles. The van der Waals surface area contributed by atoms with E-state index < -0.39 is 0 Å². The molecule has 2 aromatic rings. The van der Waals surface area contributed by atoms with Crippen LogP contribution in [0.5, 0.6) is 11.5 Å². The molecule has 0 unspecified atom stereocenters. The highest BCUT2D eigenvalue weighted by atomic mass is 16.5. The van der Waals surface area contributed by atoms with Crippen molar-refractivity contribution in [3.63, 3.8) is 0 Å². The van der Waals surface area contributed by atoms with Gasteiger partial charge in [-0.15, -0.1) is 0 Å². The van der Waals surface area contributed by atoms with Crippen LogP contribution in [-0.4, -0.2) is 42.7 Å². The molecular weight excluding hydrogens is 368 g/mol. The molecule has 0 aliphatic heterocycles. The van der Waals surface area contributed by atoms with Gasteiger partial charge in [0.15, 0.2) is 0 Å². The number of aromatic nitrogens is 2. The van der Waals surface area contributed by atoms with Crippen molar-refractivity contribution < 1.29 is 14.3 Å². The Morgan fingerprint density at radius 2 is 1.83 bits per heavy atom. The van der Waals surface area contributed by atoms with Gasteiger partial charge in [0.25, 0.3) is 5.91 Å². The van der Waals surface area contributed by atoms with E-state index >= 15 is 0 Å². The van der Waals surface area contributed by atoms with Crippen molar-refractivity contribution in [2.24, 2.45) is 0 Å². The standard InChI is InChI=1S/C22H28N4O3/c1-28-19-7-9-20(10-8-19)29-14-13-23-21(27)18-15-25-22(26-16-18)24-12-11-17-5-3-2-4-6-17/h5,7-10,15-16H,2-4,6,11-14H2,1H3,(H,23,27)(H,24,25,26). The number of nitrogens with one attached hydrogen (secondary N) is 2. The third kappa shape index (κ3) is 6.78. The van der Waals surface area contributed by atoms with Crippen LogP contribution in [0.3, 0.4) is 0 Å². The number of allylic oxidation sites excluding steroid dienone is 1. The first kappa shape index (κ1) is 20.6. The molecule has 0 bridgehead atoms. The first-order chi connectivity index (χ1) is 14.2. The molecule has 0 fully saturated rings. The van der Waals surface area contributed by atoms with Gasteiger partial charge in [-0.1, -0.05) is 11.6 Å². The number of amides is 1. The topological polar surface area (TPSA) is 85.4 Å². The van der Waals surface area contributed by atoms with Crippen LogP contribution in [-0.2, 0) is 0 Å². The predicted molar refractivity (Wildman–Crippen MR) is 113 cm³/mol. The van der Waals surface area contributed by atoms with Gasteiger partial charge < -0.3 is 20.1 Å². The maximum atomic E-state index is 12.2. The lowest BCUT2D eigenvalue weighted by Crippen LogP contribution is -2.28. The molecule has 7 nitrogen and oxygen atoms in total. The van der Waals surface area contributed by atoms with Gasteiger partial charge in [-0.25, -0.2) is 9.97 Å². The van der Waals surface area contributed by atoms with Crippen molar-refractivity contribution in [1.82, 2.24) is 15.3 Å². The Bertz CT molecular complexity index is 804. The van der Waals surface area contributed by atoms with Crippen molar-refractivity contribution in [2.75, 3.05) is 32.1 Å². The molecule has 1 aromatic heterocycles. The fourth-order valence-electron chi connectivity index (χ4n) is 3.11. The molecule has 1 aromatic carbocycles. The maximum Gasteiger partial charge on any atom is 0.254 e. The Balaban J connectivity index is 1.35. The number of ether oxygens (including phenoxy) is 2. The number of methoxy groups -OCH3 is 1. The van der Waals surface area contributed by atoms with Crippen LogP contribution < -0.4 is 20.1 Å². The van der Waals surface area contributed by atoms with E-state index in [0.717, 1.165) is 24.5 Å². The van der Waals surface area contributed by atoms with E-state index in [1.165, 1.54) is 43.7 Å². The Labute approximate surface area is 171 Å². The monoisotopic (exact) mass is 396 g/mol.